The van der Waals surface area contributed by atoms with Crippen LogP contribution >= 0.6 is 0 Å². The van der Waals surface area contributed by atoms with E-state index in [1.165, 1.54) is 13.8 Å². The van der Waals surface area contributed by atoms with Crippen LogP contribution < -0.4 is 0 Å². The summed E-state index contributed by atoms with van der Waals surface area (Å²) in [4.78, 5) is 38.9. The zero-order valence-electron chi connectivity index (χ0n) is 11.6. The first-order chi connectivity index (χ1) is 6.25. The largest absolute Gasteiger partial charge is 2.00 e. The van der Waals surface area contributed by atoms with Gasteiger partial charge in [0.25, 0.3) is 0 Å². The molecular weight excluding hydrogens is 264 g/mol. The normalized spacial score (nSPS) is 6.71. The van der Waals surface area contributed by atoms with Crippen LogP contribution in [0.5, 0.6) is 0 Å². The van der Waals surface area contributed by atoms with Crippen LogP contribution in [0.3, 0.4) is 0 Å². The van der Waals surface area contributed by atoms with E-state index in [0.29, 0.717) is 0 Å². The first-order valence-electron chi connectivity index (χ1n) is 3.68. The van der Waals surface area contributed by atoms with Crippen molar-refractivity contribution in [2.75, 3.05) is 0 Å². The molecule has 0 spiro atoms. The summed E-state index contributed by atoms with van der Waals surface area (Å²) in [6.07, 6.45) is -0.722. The smallest absolute Gasteiger partial charge is 1.00 e. The third-order valence-electron chi connectivity index (χ3n) is 0.800. The molecule has 0 amide bonds. The van der Waals surface area contributed by atoms with Gasteiger partial charge in [-0.15, -0.1) is 0 Å². The third-order valence-corrected chi connectivity index (χ3v) is 0.800. The minimum absolute atomic E-state index is 0. The molecule has 6 N–H and O–H groups in total. The van der Waals surface area contributed by atoms with E-state index in [0.717, 1.165) is 0 Å². The molecule has 0 atom stereocenters. The van der Waals surface area contributed by atoms with E-state index in [1.54, 1.807) is 0 Å². The number of ketones is 2. The Labute approximate surface area is 131 Å². The van der Waals surface area contributed by atoms with Gasteiger partial charge in [0.05, 0.1) is 0 Å². The van der Waals surface area contributed by atoms with Crippen molar-refractivity contribution in [3.05, 3.63) is 0 Å². The van der Waals surface area contributed by atoms with E-state index in [4.69, 9.17) is 10.2 Å². The standard InChI is InChI=1S/2C4H6O3.Ca.2H2O.2H/c2*1-3(5)2-4(6)7;;;;;/h2*2H2,1H3,(H,6,7);;2*1H2;;/q;;+2;;;2*-1. The molecule has 0 aliphatic heterocycles. The summed E-state index contributed by atoms with van der Waals surface area (Å²) in [6, 6.07) is 0. The van der Waals surface area contributed by atoms with Crippen LogP contribution in [0.1, 0.15) is 29.5 Å². The van der Waals surface area contributed by atoms with Crippen molar-refractivity contribution in [1.82, 2.24) is 0 Å². The van der Waals surface area contributed by atoms with Crippen molar-refractivity contribution < 1.29 is 43.2 Å². The summed E-state index contributed by atoms with van der Waals surface area (Å²) in [6.45, 7) is 2.49. The Balaban J connectivity index is -0.0000000240. The quantitative estimate of drug-likeness (QED) is 0.459. The molecule has 0 aliphatic rings. The number of rotatable bonds is 4. The molecule has 0 heterocycles. The van der Waals surface area contributed by atoms with Crippen molar-refractivity contribution in [2.24, 2.45) is 0 Å². The number of carboxylic acids is 2. The monoisotopic (exact) mass is 282 g/mol. The maximum Gasteiger partial charge on any atom is 2.00 e. The van der Waals surface area contributed by atoms with Crippen molar-refractivity contribution in [3.8, 4) is 0 Å². The van der Waals surface area contributed by atoms with Gasteiger partial charge in [-0.3, -0.25) is 19.2 Å². The van der Waals surface area contributed by atoms with Crippen LogP contribution in [0.4, 0.5) is 0 Å². The van der Waals surface area contributed by atoms with Gasteiger partial charge in [0.2, 0.25) is 0 Å². The van der Waals surface area contributed by atoms with Gasteiger partial charge in [-0.25, -0.2) is 0 Å². The summed E-state index contributed by atoms with van der Waals surface area (Å²) >= 11 is 0. The van der Waals surface area contributed by atoms with E-state index >= 15 is 0 Å². The van der Waals surface area contributed by atoms with E-state index in [1.807, 2.05) is 0 Å². The van der Waals surface area contributed by atoms with Crippen LogP contribution in [-0.4, -0.2) is 82.4 Å². The van der Waals surface area contributed by atoms with Crippen LogP contribution in [0.2, 0.25) is 0 Å². The van der Waals surface area contributed by atoms with Gasteiger partial charge in [-0.1, -0.05) is 0 Å². The Morgan fingerprint density at radius 2 is 1.00 bits per heavy atom. The molecule has 0 aromatic heterocycles. The molecule has 0 aromatic rings. The second kappa shape index (κ2) is 17.8. The van der Waals surface area contributed by atoms with Gasteiger partial charge in [0.15, 0.2) is 0 Å². The molecule has 8 nitrogen and oxygen atoms in total. The number of carbonyl (C=O) groups is 4. The van der Waals surface area contributed by atoms with Crippen LogP contribution in [0, 0.1) is 0 Å². The summed E-state index contributed by atoms with van der Waals surface area (Å²) < 4.78 is 0. The van der Waals surface area contributed by atoms with Gasteiger partial charge in [-0.05, 0) is 13.8 Å². The van der Waals surface area contributed by atoms with E-state index < -0.39 is 11.9 Å². The molecule has 0 rings (SSSR count). The number of carbonyl (C=O) groups excluding carboxylic acids is 2. The van der Waals surface area contributed by atoms with Gasteiger partial charge in [0, 0.05) is 0 Å². The molecule has 0 fully saturated rings. The molecule has 17 heavy (non-hydrogen) atoms. The fourth-order valence-corrected chi connectivity index (χ4v) is 0.426. The minimum Gasteiger partial charge on any atom is -1.00 e. The second-order valence-electron chi connectivity index (χ2n) is 2.55. The second-order valence-corrected chi connectivity index (χ2v) is 2.55. The van der Waals surface area contributed by atoms with Crippen LogP contribution in [-0.2, 0) is 19.2 Å². The SMILES string of the molecule is CC(=O)CC(=O)O.CC(=O)CC(=O)O.O.O.[Ca+2].[H-].[H-]. The maximum absolute atomic E-state index is 9.87. The topological polar surface area (TPSA) is 172 Å². The molecule has 0 radical (unpaired) electrons. The van der Waals surface area contributed by atoms with E-state index in [-0.39, 0.29) is 76.0 Å². The minimum atomic E-state index is -1.06. The first kappa shape index (κ1) is 30.0. The van der Waals surface area contributed by atoms with Crippen molar-refractivity contribution >= 4 is 61.2 Å². The summed E-state index contributed by atoms with van der Waals surface area (Å²) in [5.74, 6) is -2.75. The zero-order valence-corrected chi connectivity index (χ0v) is 11.9. The predicted molar refractivity (Wildman–Crippen MR) is 61.1 cm³/mol. The predicted octanol–water partition coefficient (Wildman–Crippen LogP) is -1.70. The van der Waals surface area contributed by atoms with Crippen molar-refractivity contribution in [2.45, 2.75) is 26.7 Å². The average molecular weight is 282 g/mol. The van der Waals surface area contributed by atoms with E-state index in [2.05, 4.69) is 0 Å². The molecule has 0 saturated heterocycles. The first-order valence-corrected chi connectivity index (χ1v) is 3.68. The molecule has 0 aliphatic carbocycles. The maximum atomic E-state index is 9.87. The van der Waals surface area contributed by atoms with Crippen molar-refractivity contribution in [1.29, 1.82) is 0 Å². The van der Waals surface area contributed by atoms with Gasteiger partial charge in [0.1, 0.15) is 24.4 Å². The summed E-state index contributed by atoms with van der Waals surface area (Å²) in [5.41, 5.74) is 0. The fraction of sp³-hybridized carbons (Fsp3) is 0.500. The van der Waals surface area contributed by atoms with E-state index in [9.17, 15) is 19.2 Å². The molecule has 0 aromatic carbocycles. The van der Waals surface area contributed by atoms with Gasteiger partial charge >= 0.3 is 49.7 Å². The molecule has 0 bridgehead atoms. The number of carboxylic acid groups (broad SMARTS) is 2. The summed E-state index contributed by atoms with van der Waals surface area (Å²) in [7, 11) is 0. The third kappa shape index (κ3) is 50.3. The number of aliphatic carboxylic acids is 2. The molecular formula is C8H18CaO8. The molecule has 0 saturated carbocycles. The Bertz CT molecular complexity index is 209. The van der Waals surface area contributed by atoms with Crippen LogP contribution in [0.15, 0.2) is 0 Å². The number of hydrogen-bond donors (Lipinski definition) is 2. The van der Waals surface area contributed by atoms with Gasteiger partial charge < -0.3 is 24.0 Å². The Hall–Kier alpha value is -0.540. The van der Waals surface area contributed by atoms with Gasteiger partial charge in [-0.2, -0.15) is 0 Å². The van der Waals surface area contributed by atoms with Crippen LogP contribution in [0.25, 0.3) is 0 Å². The average Bonchev–Trinajstić information content (AvgIpc) is 1.79. The Morgan fingerprint density at radius 3 is 1.00 bits per heavy atom. The van der Waals surface area contributed by atoms with Crippen molar-refractivity contribution in [3.63, 3.8) is 0 Å². The molecule has 0 unspecified atom stereocenters. The Kier molecular flexibility index (Phi) is 31.4. The fourth-order valence-electron chi connectivity index (χ4n) is 0.426. The molecule has 9 heteroatoms. The summed E-state index contributed by atoms with van der Waals surface area (Å²) in [5, 5.41) is 15.7. The zero-order chi connectivity index (χ0) is 11.7. The molecule has 100 valence electrons. The Morgan fingerprint density at radius 1 is 0.824 bits per heavy atom. The number of hydrogen-bond acceptors (Lipinski definition) is 4. The number of Topliss-reactive ketones (excluding diaryl/α,β-unsaturated/α-hetero) is 2.